The molecule has 6 heteroatoms. The van der Waals surface area contributed by atoms with Gasteiger partial charge in [-0.05, 0) is 41.5 Å². The zero-order chi connectivity index (χ0) is 15.4. The predicted octanol–water partition coefficient (Wildman–Crippen LogP) is 0.354. The zero-order valence-electron chi connectivity index (χ0n) is 13.0. The van der Waals surface area contributed by atoms with E-state index < -0.39 is 34.1 Å². The molecule has 0 aromatic heterocycles. The molecule has 114 valence electrons. The van der Waals surface area contributed by atoms with Gasteiger partial charge in [0.15, 0.2) is 0 Å². The maximum absolute atomic E-state index is 12.3. The number of rotatable bonds is 1. The van der Waals surface area contributed by atoms with Crippen molar-refractivity contribution in [2.45, 2.75) is 63.7 Å². The molecule has 2 aliphatic rings. The Morgan fingerprint density at radius 2 is 1.05 bits per heavy atom. The van der Waals surface area contributed by atoms with Crippen LogP contribution in [-0.4, -0.2) is 47.3 Å². The maximum atomic E-state index is 12.3. The van der Waals surface area contributed by atoms with Gasteiger partial charge in [-0.2, -0.15) is 0 Å². The summed E-state index contributed by atoms with van der Waals surface area (Å²) >= 11 is 0. The number of carbonyl (C=O) groups is 2. The van der Waals surface area contributed by atoms with Gasteiger partial charge in [0.25, 0.3) is 0 Å². The Morgan fingerprint density at radius 3 is 1.35 bits per heavy atom. The van der Waals surface area contributed by atoms with E-state index in [2.05, 4.69) is 10.6 Å². The molecule has 0 bridgehead atoms. The van der Waals surface area contributed by atoms with E-state index in [4.69, 9.17) is 9.47 Å². The molecule has 2 heterocycles. The smallest absolute Gasteiger partial charge is 0.328 e. The lowest BCUT2D eigenvalue weighted by Crippen LogP contribution is -2.83. The second-order valence-corrected chi connectivity index (χ2v) is 7.42. The van der Waals surface area contributed by atoms with Crippen LogP contribution in [0.4, 0.5) is 0 Å². The van der Waals surface area contributed by atoms with Crippen molar-refractivity contribution in [1.82, 2.24) is 10.6 Å². The highest BCUT2D eigenvalue weighted by molar-refractivity contribution is 5.95. The lowest BCUT2D eigenvalue weighted by Gasteiger charge is -2.54. The van der Waals surface area contributed by atoms with Crippen LogP contribution < -0.4 is 10.6 Å². The quantitative estimate of drug-likeness (QED) is 0.677. The number of hydrogen-bond donors (Lipinski definition) is 2. The predicted molar refractivity (Wildman–Crippen MR) is 73.2 cm³/mol. The van der Waals surface area contributed by atoms with E-state index in [0.29, 0.717) is 0 Å². The van der Waals surface area contributed by atoms with Crippen LogP contribution in [0.15, 0.2) is 0 Å². The number of nitrogens with one attached hydrogen (secondary N) is 2. The highest BCUT2D eigenvalue weighted by Crippen LogP contribution is 2.35. The second-order valence-electron chi connectivity index (χ2n) is 7.42. The minimum atomic E-state index is -1.19. The highest BCUT2D eigenvalue weighted by atomic mass is 16.6. The normalized spacial score (nSPS) is 39.9. The third kappa shape index (κ3) is 2.20. The molecule has 2 aliphatic heterocycles. The van der Waals surface area contributed by atoms with Gasteiger partial charge >= 0.3 is 11.9 Å². The molecule has 2 atom stereocenters. The minimum Gasteiger partial charge on any atom is -0.462 e. The third-order valence-electron chi connectivity index (χ3n) is 4.12. The summed E-state index contributed by atoms with van der Waals surface area (Å²) in [5, 5.41) is 6.52. The molecule has 2 rings (SSSR count). The molecule has 2 saturated heterocycles. The fourth-order valence-electron chi connectivity index (χ4n) is 2.97. The fourth-order valence-corrected chi connectivity index (χ4v) is 2.97. The van der Waals surface area contributed by atoms with Crippen molar-refractivity contribution in [3.63, 3.8) is 0 Å². The average Bonchev–Trinajstić information content (AvgIpc) is 2.28. The standard InChI is InChI=1S/C14H24N2O4/c1-11(2)7-19-9(17)13(5,15-11)14(6)10(18)20-8-12(3,4)16-14/h15-16H,7-8H2,1-6H3/t13-,14-/m0/s1. The van der Waals surface area contributed by atoms with Crippen molar-refractivity contribution in [3.8, 4) is 0 Å². The first-order valence-corrected chi connectivity index (χ1v) is 6.85. The summed E-state index contributed by atoms with van der Waals surface area (Å²) in [6, 6.07) is 0. The molecule has 0 aliphatic carbocycles. The van der Waals surface area contributed by atoms with Crippen molar-refractivity contribution in [2.24, 2.45) is 0 Å². The largest absolute Gasteiger partial charge is 0.462 e. The zero-order valence-corrected chi connectivity index (χ0v) is 13.0. The van der Waals surface area contributed by atoms with Gasteiger partial charge < -0.3 is 9.47 Å². The van der Waals surface area contributed by atoms with Crippen LogP contribution >= 0.6 is 0 Å². The highest BCUT2D eigenvalue weighted by Gasteiger charge is 2.63. The van der Waals surface area contributed by atoms with Crippen LogP contribution in [0.2, 0.25) is 0 Å². The Hall–Kier alpha value is -1.14. The molecule has 0 amide bonds. The SMILES string of the molecule is CC1(C)COC(=O)[C@@](C)([C@@]2(C)NC(C)(C)COC2=O)N1. The van der Waals surface area contributed by atoms with Crippen LogP contribution in [0, 0.1) is 0 Å². The van der Waals surface area contributed by atoms with Crippen molar-refractivity contribution in [1.29, 1.82) is 0 Å². The monoisotopic (exact) mass is 284 g/mol. The van der Waals surface area contributed by atoms with E-state index in [1.807, 2.05) is 27.7 Å². The van der Waals surface area contributed by atoms with Gasteiger partial charge in [0.05, 0.1) is 0 Å². The molecule has 0 unspecified atom stereocenters. The number of esters is 2. The lowest BCUT2D eigenvalue weighted by molar-refractivity contribution is -0.184. The summed E-state index contributed by atoms with van der Waals surface area (Å²) in [5.41, 5.74) is -3.20. The molecular weight excluding hydrogens is 260 g/mol. The van der Waals surface area contributed by atoms with Crippen LogP contribution in [0.3, 0.4) is 0 Å². The Morgan fingerprint density at radius 1 is 0.750 bits per heavy atom. The van der Waals surface area contributed by atoms with Gasteiger partial charge in [-0.15, -0.1) is 0 Å². The molecule has 0 aromatic rings. The van der Waals surface area contributed by atoms with Crippen LogP contribution in [0.1, 0.15) is 41.5 Å². The molecule has 0 aromatic carbocycles. The number of morpholine rings is 2. The van der Waals surface area contributed by atoms with Crippen LogP contribution in [0.25, 0.3) is 0 Å². The molecule has 2 N–H and O–H groups in total. The number of cyclic esters (lactones) is 2. The first kappa shape index (κ1) is 15.3. The van der Waals surface area contributed by atoms with Crippen molar-refractivity contribution >= 4 is 11.9 Å². The Kier molecular flexibility index (Phi) is 3.19. The third-order valence-corrected chi connectivity index (χ3v) is 4.12. The first-order valence-electron chi connectivity index (χ1n) is 6.85. The van der Waals surface area contributed by atoms with Crippen molar-refractivity contribution in [3.05, 3.63) is 0 Å². The molecular formula is C14H24N2O4. The number of carbonyl (C=O) groups excluding carboxylic acids is 2. The van der Waals surface area contributed by atoms with Gasteiger partial charge in [0.2, 0.25) is 0 Å². The van der Waals surface area contributed by atoms with E-state index in [1.165, 1.54) is 0 Å². The molecule has 0 radical (unpaired) electrons. The molecule has 0 saturated carbocycles. The van der Waals surface area contributed by atoms with Gasteiger partial charge in [-0.1, -0.05) is 0 Å². The van der Waals surface area contributed by atoms with Gasteiger partial charge in [-0.3, -0.25) is 10.6 Å². The van der Waals surface area contributed by atoms with Gasteiger partial charge in [0, 0.05) is 11.1 Å². The Bertz CT molecular complexity index is 418. The number of ether oxygens (including phenoxy) is 2. The number of hydrogen-bond acceptors (Lipinski definition) is 6. The average molecular weight is 284 g/mol. The summed E-state index contributed by atoms with van der Waals surface area (Å²) in [7, 11) is 0. The summed E-state index contributed by atoms with van der Waals surface area (Å²) in [6.07, 6.45) is 0. The summed E-state index contributed by atoms with van der Waals surface area (Å²) < 4.78 is 10.6. The maximum Gasteiger partial charge on any atom is 0.328 e. The van der Waals surface area contributed by atoms with E-state index in [9.17, 15) is 9.59 Å². The van der Waals surface area contributed by atoms with Crippen LogP contribution in [-0.2, 0) is 19.1 Å². The van der Waals surface area contributed by atoms with E-state index in [0.717, 1.165) is 0 Å². The van der Waals surface area contributed by atoms with Crippen LogP contribution in [0.5, 0.6) is 0 Å². The Balaban J connectivity index is 2.44. The lowest BCUT2D eigenvalue weighted by atomic mass is 9.74. The summed E-state index contributed by atoms with van der Waals surface area (Å²) in [5.74, 6) is -0.886. The van der Waals surface area contributed by atoms with Crippen molar-refractivity contribution in [2.75, 3.05) is 13.2 Å². The summed E-state index contributed by atoms with van der Waals surface area (Å²) in [6.45, 7) is 11.6. The first-order chi connectivity index (χ1) is 8.92. The second kappa shape index (κ2) is 4.18. The minimum absolute atomic E-state index is 0.274. The fraction of sp³-hybridized carbons (Fsp3) is 0.857. The molecule has 0 spiro atoms. The van der Waals surface area contributed by atoms with E-state index in [-0.39, 0.29) is 13.2 Å². The van der Waals surface area contributed by atoms with Crippen molar-refractivity contribution < 1.29 is 19.1 Å². The van der Waals surface area contributed by atoms with E-state index in [1.54, 1.807) is 13.8 Å². The summed E-state index contributed by atoms with van der Waals surface area (Å²) in [4.78, 5) is 24.7. The van der Waals surface area contributed by atoms with Gasteiger partial charge in [0.1, 0.15) is 24.3 Å². The van der Waals surface area contributed by atoms with Gasteiger partial charge in [-0.25, -0.2) is 9.59 Å². The molecule has 20 heavy (non-hydrogen) atoms. The van der Waals surface area contributed by atoms with E-state index >= 15 is 0 Å². The molecule has 6 nitrogen and oxygen atoms in total. The Labute approximate surface area is 119 Å². The molecule has 2 fully saturated rings. The topological polar surface area (TPSA) is 76.7 Å².